The molecule has 6 heteroatoms. The molecule has 0 saturated heterocycles. The fraction of sp³-hybridized carbons (Fsp3) is 0.333. The van der Waals surface area contributed by atoms with Gasteiger partial charge in [-0.2, -0.15) is 0 Å². The first kappa shape index (κ1) is 14.1. The summed E-state index contributed by atoms with van der Waals surface area (Å²) in [6.07, 6.45) is 0. The maximum Gasteiger partial charge on any atom is 0.250 e. The van der Waals surface area contributed by atoms with Gasteiger partial charge in [0.2, 0.25) is 11.8 Å². The van der Waals surface area contributed by atoms with Crippen LogP contribution < -0.4 is 16.0 Å². The monoisotopic (exact) mass is 251 g/mol. The number of nitrogens with one attached hydrogen (secondary N) is 3. The van der Waals surface area contributed by atoms with Crippen LogP contribution in [0.5, 0.6) is 0 Å². The molecule has 0 saturated carbocycles. The highest BCUT2D eigenvalue weighted by Crippen LogP contribution is 2.13. The second-order valence-electron chi connectivity index (χ2n) is 3.64. The Balaban J connectivity index is 2.52. The van der Waals surface area contributed by atoms with Crippen molar-refractivity contribution >= 4 is 23.2 Å². The van der Waals surface area contributed by atoms with E-state index in [2.05, 4.69) is 16.0 Å². The molecular weight excluding hydrogens is 234 g/mol. The van der Waals surface area contributed by atoms with Gasteiger partial charge in [-0.25, -0.2) is 0 Å². The van der Waals surface area contributed by atoms with Crippen LogP contribution in [0.1, 0.15) is 0 Å². The largest absolute Gasteiger partial charge is 0.375 e. The average molecular weight is 251 g/mol. The number of carbonyl (C=O) groups excluding carboxylic acids is 2. The topological polar surface area (TPSA) is 79.5 Å². The molecule has 18 heavy (non-hydrogen) atoms. The number of carbonyl (C=O) groups is 2. The first-order valence-electron chi connectivity index (χ1n) is 5.49. The van der Waals surface area contributed by atoms with Gasteiger partial charge in [0.25, 0.3) is 0 Å². The summed E-state index contributed by atoms with van der Waals surface area (Å²) in [5.74, 6) is -0.335. The summed E-state index contributed by atoms with van der Waals surface area (Å²) in [5.41, 5.74) is 1.34. The van der Waals surface area contributed by atoms with E-state index >= 15 is 0 Å². The fourth-order valence-corrected chi connectivity index (χ4v) is 1.33. The van der Waals surface area contributed by atoms with Gasteiger partial charge >= 0.3 is 0 Å². The second kappa shape index (κ2) is 7.41. The predicted molar refractivity (Wildman–Crippen MR) is 69.5 cm³/mol. The van der Waals surface area contributed by atoms with Crippen molar-refractivity contribution in [2.75, 3.05) is 37.9 Å². The quantitative estimate of drug-likeness (QED) is 0.685. The molecule has 0 atom stereocenters. The molecule has 0 aliphatic carbocycles. The van der Waals surface area contributed by atoms with Gasteiger partial charge in [-0.1, -0.05) is 0 Å². The lowest BCUT2D eigenvalue weighted by molar-refractivity contribution is -0.119. The molecule has 1 aromatic carbocycles. The summed E-state index contributed by atoms with van der Waals surface area (Å²) in [5, 5.41) is 8.13. The standard InChI is InChI=1S/C12H17N3O3/c1-13-7-11(16)14-9-3-5-10(6-4-9)15-12(17)8-18-2/h3-6,13H,7-8H2,1-2H3,(H,14,16)(H,15,17). The molecular formula is C12H17N3O3. The number of hydrogen-bond donors (Lipinski definition) is 3. The molecule has 0 heterocycles. The van der Waals surface area contributed by atoms with Crippen molar-refractivity contribution in [1.29, 1.82) is 0 Å². The Kier molecular flexibility index (Phi) is 5.83. The molecule has 0 fully saturated rings. The van der Waals surface area contributed by atoms with Gasteiger partial charge in [-0.15, -0.1) is 0 Å². The highest BCUT2D eigenvalue weighted by atomic mass is 16.5. The molecule has 0 unspecified atom stereocenters. The third kappa shape index (κ3) is 4.94. The van der Waals surface area contributed by atoms with Gasteiger partial charge < -0.3 is 20.7 Å². The van der Waals surface area contributed by atoms with Crippen LogP contribution in [-0.4, -0.2) is 39.1 Å². The van der Waals surface area contributed by atoms with Crippen molar-refractivity contribution in [3.8, 4) is 0 Å². The molecule has 98 valence electrons. The van der Waals surface area contributed by atoms with Crippen molar-refractivity contribution in [2.45, 2.75) is 0 Å². The van der Waals surface area contributed by atoms with Crippen LogP contribution in [0.2, 0.25) is 0 Å². The van der Waals surface area contributed by atoms with E-state index in [0.717, 1.165) is 0 Å². The zero-order chi connectivity index (χ0) is 13.4. The van der Waals surface area contributed by atoms with Gasteiger partial charge in [0, 0.05) is 18.5 Å². The second-order valence-corrected chi connectivity index (χ2v) is 3.64. The summed E-state index contributed by atoms with van der Waals surface area (Å²) < 4.78 is 4.70. The zero-order valence-electron chi connectivity index (χ0n) is 10.4. The Morgan fingerprint density at radius 2 is 1.56 bits per heavy atom. The van der Waals surface area contributed by atoms with Crippen LogP contribution in [0, 0.1) is 0 Å². The van der Waals surface area contributed by atoms with Gasteiger partial charge in [-0.3, -0.25) is 9.59 Å². The Labute approximate surface area is 106 Å². The minimum Gasteiger partial charge on any atom is -0.375 e. The molecule has 0 bridgehead atoms. The van der Waals surface area contributed by atoms with Gasteiger partial charge in [0.15, 0.2) is 0 Å². The van der Waals surface area contributed by atoms with Crippen LogP contribution in [0.15, 0.2) is 24.3 Å². The number of likely N-dealkylation sites (N-methyl/N-ethyl adjacent to an activating group) is 1. The van der Waals surface area contributed by atoms with E-state index in [9.17, 15) is 9.59 Å². The van der Waals surface area contributed by atoms with E-state index in [1.54, 1.807) is 31.3 Å². The van der Waals surface area contributed by atoms with Crippen LogP contribution in [-0.2, 0) is 14.3 Å². The van der Waals surface area contributed by atoms with E-state index in [-0.39, 0.29) is 25.0 Å². The summed E-state index contributed by atoms with van der Waals surface area (Å²) in [6, 6.07) is 6.86. The maximum atomic E-state index is 11.3. The highest BCUT2D eigenvalue weighted by Gasteiger charge is 2.03. The maximum absolute atomic E-state index is 11.3. The number of rotatable bonds is 6. The average Bonchev–Trinajstić information content (AvgIpc) is 2.32. The van der Waals surface area contributed by atoms with Crippen molar-refractivity contribution in [2.24, 2.45) is 0 Å². The summed E-state index contributed by atoms with van der Waals surface area (Å²) >= 11 is 0. The highest BCUT2D eigenvalue weighted by molar-refractivity contribution is 5.94. The molecule has 0 aliphatic heterocycles. The number of ether oxygens (including phenoxy) is 1. The molecule has 1 aromatic rings. The Bertz CT molecular complexity index is 365. The zero-order valence-corrected chi connectivity index (χ0v) is 10.4. The van der Waals surface area contributed by atoms with Crippen molar-refractivity contribution in [1.82, 2.24) is 5.32 Å². The third-order valence-electron chi connectivity index (χ3n) is 2.07. The lowest BCUT2D eigenvalue weighted by atomic mass is 10.2. The Hall–Kier alpha value is -1.92. The third-order valence-corrected chi connectivity index (χ3v) is 2.07. The lowest BCUT2D eigenvalue weighted by Crippen LogP contribution is -2.25. The van der Waals surface area contributed by atoms with Crippen LogP contribution in [0.25, 0.3) is 0 Å². The minimum atomic E-state index is -0.218. The van der Waals surface area contributed by atoms with E-state index < -0.39 is 0 Å². The van der Waals surface area contributed by atoms with Crippen molar-refractivity contribution < 1.29 is 14.3 Å². The number of benzene rings is 1. The minimum absolute atomic E-state index is 0.0145. The van der Waals surface area contributed by atoms with E-state index in [4.69, 9.17) is 4.74 Å². The van der Waals surface area contributed by atoms with Gasteiger partial charge in [-0.05, 0) is 31.3 Å². The molecule has 0 aromatic heterocycles. The van der Waals surface area contributed by atoms with Crippen molar-refractivity contribution in [3.63, 3.8) is 0 Å². The molecule has 0 spiro atoms. The fourth-order valence-electron chi connectivity index (χ4n) is 1.33. The van der Waals surface area contributed by atoms with Crippen LogP contribution >= 0.6 is 0 Å². The number of anilines is 2. The first-order chi connectivity index (χ1) is 8.65. The Morgan fingerprint density at radius 3 is 2.00 bits per heavy atom. The predicted octanol–water partition coefficient (Wildman–Crippen LogP) is 0.429. The molecule has 6 nitrogen and oxygen atoms in total. The van der Waals surface area contributed by atoms with E-state index in [1.807, 2.05) is 0 Å². The first-order valence-corrected chi connectivity index (χ1v) is 5.49. The lowest BCUT2D eigenvalue weighted by Gasteiger charge is -2.07. The van der Waals surface area contributed by atoms with Gasteiger partial charge in [0.05, 0.1) is 6.54 Å². The molecule has 3 N–H and O–H groups in total. The Morgan fingerprint density at radius 1 is 1.06 bits per heavy atom. The molecule has 2 amide bonds. The summed E-state index contributed by atoms with van der Waals surface area (Å²) in [7, 11) is 3.16. The number of amides is 2. The smallest absolute Gasteiger partial charge is 0.250 e. The van der Waals surface area contributed by atoms with E-state index in [0.29, 0.717) is 11.4 Å². The SMILES string of the molecule is CNCC(=O)Nc1ccc(NC(=O)COC)cc1. The van der Waals surface area contributed by atoms with E-state index in [1.165, 1.54) is 7.11 Å². The molecule has 1 rings (SSSR count). The van der Waals surface area contributed by atoms with Crippen LogP contribution in [0.4, 0.5) is 11.4 Å². The summed E-state index contributed by atoms with van der Waals surface area (Å²) in [4.78, 5) is 22.5. The van der Waals surface area contributed by atoms with Crippen LogP contribution in [0.3, 0.4) is 0 Å². The van der Waals surface area contributed by atoms with Gasteiger partial charge in [0.1, 0.15) is 6.61 Å². The normalized spacial score (nSPS) is 9.89. The molecule has 0 radical (unpaired) electrons. The van der Waals surface area contributed by atoms with Crippen molar-refractivity contribution in [3.05, 3.63) is 24.3 Å². The summed E-state index contributed by atoms with van der Waals surface area (Å²) in [6.45, 7) is 0.271. The molecule has 0 aliphatic rings. The number of methoxy groups -OCH3 is 1. The number of hydrogen-bond acceptors (Lipinski definition) is 4.